The van der Waals surface area contributed by atoms with Crippen LogP contribution in [0.15, 0.2) is 77.7 Å². The van der Waals surface area contributed by atoms with Crippen LogP contribution in [0.25, 0.3) is 0 Å². The van der Waals surface area contributed by atoms with E-state index < -0.39 is 0 Å². The minimum absolute atomic E-state index is 0.0197. The molecule has 5 rings (SSSR count). The van der Waals surface area contributed by atoms with Gasteiger partial charge in [0.1, 0.15) is 0 Å². The Bertz CT molecular complexity index is 1160. The quantitative estimate of drug-likeness (QED) is 0.502. The maximum Gasteiger partial charge on any atom is 0.258 e. The predicted molar refractivity (Wildman–Crippen MR) is 132 cm³/mol. The first-order valence-electron chi connectivity index (χ1n) is 11.3. The van der Waals surface area contributed by atoms with E-state index in [4.69, 9.17) is 4.74 Å². The molecule has 3 aromatic rings. The summed E-state index contributed by atoms with van der Waals surface area (Å²) in [6.07, 6.45) is 3.32. The van der Waals surface area contributed by atoms with Crippen molar-refractivity contribution in [2.75, 3.05) is 29.1 Å². The Balaban J connectivity index is 1.24. The average molecular weight is 459 g/mol. The second-order valence-electron chi connectivity index (χ2n) is 8.31. The second-order valence-corrected chi connectivity index (χ2v) is 9.37. The monoisotopic (exact) mass is 458 g/mol. The van der Waals surface area contributed by atoms with Crippen LogP contribution >= 0.6 is 11.8 Å². The Hall–Kier alpha value is -3.09. The summed E-state index contributed by atoms with van der Waals surface area (Å²) < 4.78 is 5.71. The maximum atomic E-state index is 13.0. The van der Waals surface area contributed by atoms with Crippen molar-refractivity contribution in [3.63, 3.8) is 0 Å². The van der Waals surface area contributed by atoms with E-state index in [1.54, 1.807) is 36.0 Å². The van der Waals surface area contributed by atoms with Crippen LogP contribution in [0.5, 0.6) is 0 Å². The van der Waals surface area contributed by atoms with Gasteiger partial charge in [-0.15, -0.1) is 11.8 Å². The molecule has 2 aliphatic rings. The second kappa shape index (κ2) is 9.81. The molecule has 0 saturated carbocycles. The molecule has 2 amide bonds. The molecule has 2 aliphatic heterocycles. The van der Waals surface area contributed by atoms with Gasteiger partial charge >= 0.3 is 0 Å². The van der Waals surface area contributed by atoms with Crippen molar-refractivity contribution in [1.29, 1.82) is 0 Å². The highest BCUT2D eigenvalue weighted by molar-refractivity contribution is 7.99. The summed E-state index contributed by atoms with van der Waals surface area (Å²) in [4.78, 5) is 28.8. The molecule has 0 aliphatic carbocycles. The van der Waals surface area contributed by atoms with E-state index in [9.17, 15) is 9.59 Å². The van der Waals surface area contributed by atoms with E-state index >= 15 is 0 Å². The molecular formula is C27H26N2O3S. The smallest absolute Gasteiger partial charge is 0.258 e. The van der Waals surface area contributed by atoms with Crippen LogP contribution in [0.3, 0.4) is 0 Å². The first-order valence-corrected chi connectivity index (χ1v) is 12.3. The third-order valence-corrected chi connectivity index (χ3v) is 7.31. The van der Waals surface area contributed by atoms with Crippen molar-refractivity contribution in [2.24, 2.45) is 0 Å². The van der Waals surface area contributed by atoms with E-state index in [1.165, 1.54) is 5.56 Å². The van der Waals surface area contributed by atoms with Gasteiger partial charge in [-0.1, -0.05) is 30.3 Å². The van der Waals surface area contributed by atoms with Gasteiger partial charge in [-0.3, -0.25) is 9.59 Å². The molecule has 0 aromatic heterocycles. The molecule has 3 aromatic carbocycles. The zero-order chi connectivity index (χ0) is 22.6. The molecule has 33 heavy (non-hydrogen) atoms. The largest absolute Gasteiger partial charge is 0.377 e. The first kappa shape index (κ1) is 21.7. The summed E-state index contributed by atoms with van der Waals surface area (Å²) in [5.41, 5.74) is 4.10. The number of ether oxygens (including phenoxy) is 1. The summed E-state index contributed by atoms with van der Waals surface area (Å²) in [6, 6.07) is 22.8. The maximum absolute atomic E-state index is 13.0. The number of carbonyl (C=O) groups is 2. The molecule has 2 heterocycles. The van der Waals surface area contributed by atoms with Crippen LogP contribution in [0, 0.1) is 0 Å². The molecule has 1 unspecified atom stereocenters. The van der Waals surface area contributed by atoms with Gasteiger partial charge in [0.2, 0.25) is 0 Å². The Kier molecular flexibility index (Phi) is 6.46. The lowest BCUT2D eigenvalue weighted by Crippen LogP contribution is -2.28. The number of hydrogen-bond acceptors (Lipinski definition) is 4. The first-order chi connectivity index (χ1) is 16.2. The molecule has 1 N–H and O–H groups in total. The lowest BCUT2D eigenvalue weighted by molar-refractivity contribution is 0.0988. The van der Waals surface area contributed by atoms with Gasteiger partial charge in [-0.2, -0.15) is 0 Å². The third kappa shape index (κ3) is 4.82. The highest BCUT2D eigenvalue weighted by atomic mass is 32.2. The highest BCUT2D eigenvalue weighted by Crippen LogP contribution is 2.30. The van der Waals surface area contributed by atoms with Gasteiger partial charge in [0.15, 0.2) is 0 Å². The van der Waals surface area contributed by atoms with Crippen molar-refractivity contribution >= 4 is 35.0 Å². The zero-order valence-electron chi connectivity index (χ0n) is 18.3. The Morgan fingerprint density at radius 2 is 1.79 bits per heavy atom. The zero-order valence-corrected chi connectivity index (χ0v) is 19.1. The van der Waals surface area contributed by atoms with Crippen molar-refractivity contribution < 1.29 is 14.3 Å². The molecule has 6 heteroatoms. The minimum Gasteiger partial charge on any atom is -0.377 e. The minimum atomic E-state index is -0.155. The van der Waals surface area contributed by atoms with Crippen LogP contribution in [-0.2, 0) is 11.2 Å². The molecular weight excluding hydrogens is 432 g/mol. The van der Waals surface area contributed by atoms with E-state index in [0.717, 1.165) is 42.2 Å². The van der Waals surface area contributed by atoms with Crippen molar-refractivity contribution in [2.45, 2.75) is 30.3 Å². The third-order valence-electron chi connectivity index (χ3n) is 6.10. The Morgan fingerprint density at radius 1 is 1.00 bits per heavy atom. The van der Waals surface area contributed by atoms with Crippen molar-refractivity contribution in [1.82, 2.24) is 0 Å². The van der Waals surface area contributed by atoms with Gasteiger partial charge in [-0.05, 0) is 67.3 Å². The molecule has 0 radical (unpaired) electrons. The number of thioether (sulfide) groups is 1. The molecule has 168 valence electrons. The van der Waals surface area contributed by atoms with Gasteiger partial charge in [0.05, 0.1) is 11.7 Å². The molecule has 5 nitrogen and oxygen atoms in total. The van der Waals surface area contributed by atoms with E-state index in [2.05, 4.69) is 11.4 Å². The summed E-state index contributed by atoms with van der Waals surface area (Å²) in [7, 11) is 0. The summed E-state index contributed by atoms with van der Waals surface area (Å²) in [5, 5.41) is 2.97. The summed E-state index contributed by atoms with van der Waals surface area (Å²) in [5.74, 6) is 0.674. The number of amides is 2. The topological polar surface area (TPSA) is 58.6 Å². The van der Waals surface area contributed by atoms with Crippen LogP contribution in [-0.4, -0.2) is 36.8 Å². The van der Waals surface area contributed by atoms with Crippen LogP contribution in [0.4, 0.5) is 11.4 Å². The molecule has 1 saturated heterocycles. The number of rotatable bonds is 6. The average Bonchev–Trinajstić information content (AvgIpc) is 3.53. The van der Waals surface area contributed by atoms with E-state index in [0.29, 0.717) is 23.4 Å². The number of para-hydroxylation sites is 1. The molecule has 1 atom stereocenters. The molecule has 0 bridgehead atoms. The molecule has 1 fully saturated rings. The fraction of sp³-hybridized carbons (Fsp3) is 0.259. The van der Waals surface area contributed by atoms with Crippen LogP contribution in [0.1, 0.15) is 39.1 Å². The van der Waals surface area contributed by atoms with Gasteiger partial charge in [-0.25, -0.2) is 0 Å². The normalized spacial score (nSPS) is 17.1. The predicted octanol–water partition coefficient (Wildman–Crippen LogP) is 5.41. The number of benzene rings is 3. The van der Waals surface area contributed by atoms with E-state index in [1.807, 2.05) is 47.4 Å². The van der Waals surface area contributed by atoms with Crippen LogP contribution < -0.4 is 10.2 Å². The number of nitrogens with one attached hydrogen (secondary N) is 1. The lowest BCUT2D eigenvalue weighted by Gasteiger charge is -2.17. The number of carbonyl (C=O) groups excluding carboxylic acids is 2. The number of nitrogens with zero attached hydrogens (tertiary/aromatic N) is 1. The van der Waals surface area contributed by atoms with Gasteiger partial charge in [0, 0.05) is 40.7 Å². The van der Waals surface area contributed by atoms with E-state index in [-0.39, 0.29) is 17.9 Å². The standard InChI is InChI=1S/C27H26N2O3S/c30-26(23-8-2-4-10-25(23)33-18-22-7-5-17-32-22)28-21-13-11-20(12-14-21)27(31)29-16-15-19-6-1-3-9-24(19)29/h1-4,6,8-14,22H,5,7,15-18H2,(H,28,30). The number of fused-ring (bicyclic) bond motifs is 1. The highest BCUT2D eigenvalue weighted by Gasteiger charge is 2.25. The Labute approximate surface area is 198 Å². The van der Waals surface area contributed by atoms with Crippen LogP contribution in [0.2, 0.25) is 0 Å². The van der Waals surface area contributed by atoms with Crippen molar-refractivity contribution in [3.05, 3.63) is 89.5 Å². The SMILES string of the molecule is O=C(Nc1ccc(C(=O)N2CCc3ccccc32)cc1)c1ccccc1SCC1CCCO1. The van der Waals surface area contributed by atoms with Gasteiger partial charge in [0.25, 0.3) is 11.8 Å². The Morgan fingerprint density at radius 3 is 2.61 bits per heavy atom. The number of anilines is 2. The fourth-order valence-electron chi connectivity index (χ4n) is 4.34. The lowest BCUT2D eigenvalue weighted by atomic mass is 10.1. The van der Waals surface area contributed by atoms with Gasteiger partial charge < -0.3 is 15.0 Å². The summed E-state index contributed by atoms with van der Waals surface area (Å²) in [6.45, 7) is 1.52. The fourth-order valence-corrected chi connectivity index (χ4v) is 5.46. The molecule has 0 spiro atoms. The number of hydrogen-bond donors (Lipinski definition) is 1. The summed E-state index contributed by atoms with van der Waals surface area (Å²) >= 11 is 1.66. The van der Waals surface area contributed by atoms with Crippen molar-refractivity contribution in [3.8, 4) is 0 Å².